The van der Waals surface area contributed by atoms with Crippen LogP contribution < -0.4 is 15.4 Å². The minimum Gasteiger partial charge on any atom is -0.481 e. The van der Waals surface area contributed by atoms with E-state index in [1.807, 2.05) is 0 Å². The Kier molecular flexibility index (Phi) is 5.98. The van der Waals surface area contributed by atoms with E-state index in [0.717, 1.165) is 0 Å². The van der Waals surface area contributed by atoms with Crippen molar-refractivity contribution in [2.45, 2.75) is 24.8 Å². The van der Waals surface area contributed by atoms with Gasteiger partial charge in [-0.25, -0.2) is 13.2 Å². The van der Waals surface area contributed by atoms with Gasteiger partial charge in [0.15, 0.2) is 6.10 Å². The van der Waals surface area contributed by atoms with Crippen molar-refractivity contribution in [1.82, 2.24) is 10.6 Å². The third-order valence-corrected chi connectivity index (χ3v) is 3.73. The zero-order valence-electron chi connectivity index (χ0n) is 11.4. The van der Waals surface area contributed by atoms with Crippen molar-refractivity contribution in [3.63, 3.8) is 0 Å². The zero-order valence-corrected chi connectivity index (χ0v) is 13.0. The largest absolute Gasteiger partial charge is 0.481 e. The standard InChI is InChI=1S/C12H15ClN2O5S/c1-3-14-12(17)15-11(16)8(2)20-9-4-6-10(7-5-9)21(13,18)19/h4-8H,3H2,1-2H3,(H2,14,15,16,17). The molecule has 1 rings (SSSR count). The number of rotatable bonds is 5. The Balaban J connectivity index is 2.64. The minimum atomic E-state index is -3.80. The quantitative estimate of drug-likeness (QED) is 0.788. The molecule has 2 N–H and O–H groups in total. The summed E-state index contributed by atoms with van der Waals surface area (Å²) < 4.78 is 27.4. The van der Waals surface area contributed by atoms with Gasteiger partial charge in [0.25, 0.3) is 15.0 Å². The average Bonchev–Trinajstić information content (AvgIpc) is 2.38. The van der Waals surface area contributed by atoms with Crippen molar-refractivity contribution >= 4 is 31.7 Å². The van der Waals surface area contributed by atoms with Gasteiger partial charge in [-0.2, -0.15) is 0 Å². The SMILES string of the molecule is CCNC(=O)NC(=O)C(C)Oc1ccc(S(=O)(=O)Cl)cc1. The molecule has 9 heteroatoms. The van der Waals surface area contributed by atoms with E-state index in [-0.39, 0.29) is 10.6 Å². The highest BCUT2D eigenvalue weighted by Crippen LogP contribution is 2.19. The van der Waals surface area contributed by atoms with Crippen LogP contribution in [0.4, 0.5) is 4.79 Å². The normalized spacial score (nSPS) is 12.3. The van der Waals surface area contributed by atoms with Crippen LogP contribution in [0.15, 0.2) is 29.2 Å². The molecule has 0 bridgehead atoms. The van der Waals surface area contributed by atoms with E-state index < -0.39 is 27.1 Å². The van der Waals surface area contributed by atoms with Crippen molar-refractivity contribution in [1.29, 1.82) is 0 Å². The lowest BCUT2D eigenvalue weighted by Gasteiger charge is -2.14. The third-order valence-electron chi connectivity index (χ3n) is 2.36. The van der Waals surface area contributed by atoms with Crippen LogP contribution in [0.5, 0.6) is 5.75 Å². The topological polar surface area (TPSA) is 102 Å². The van der Waals surface area contributed by atoms with Crippen molar-refractivity contribution in [3.8, 4) is 5.75 Å². The van der Waals surface area contributed by atoms with Crippen LogP contribution in [0.2, 0.25) is 0 Å². The maximum absolute atomic E-state index is 11.6. The van der Waals surface area contributed by atoms with Crippen LogP contribution in [0.25, 0.3) is 0 Å². The summed E-state index contributed by atoms with van der Waals surface area (Å²) >= 11 is 0. The summed E-state index contributed by atoms with van der Waals surface area (Å²) in [5.41, 5.74) is 0. The van der Waals surface area contributed by atoms with E-state index in [1.54, 1.807) is 6.92 Å². The van der Waals surface area contributed by atoms with Gasteiger partial charge in [-0.05, 0) is 38.1 Å². The Morgan fingerprint density at radius 3 is 2.33 bits per heavy atom. The molecule has 0 aliphatic heterocycles. The molecular weight excluding hydrogens is 320 g/mol. The first-order valence-electron chi connectivity index (χ1n) is 6.04. The molecule has 1 unspecified atom stereocenters. The predicted octanol–water partition coefficient (Wildman–Crippen LogP) is 1.23. The van der Waals surface area contributed by atoms with Crippen LogP contribution in [0.1, 0.15) is 13.8 Å². The molecule has 0 saturated heterocycles. The highest BCUT2D eigenvalue weighted by molar-refractivity contribution is 8.13. The van der Waals surface area contributed by atoms with Crippen LogP contribution in [-0.4, -0.2) is 33.0 Å². The molecule has 0 aliphatic carbocycles. The third kappa shape index (κ3) is 5.60. The fourth-order valence-corrected chi connectivity index (χ4v) is 2.13. The maximum atomic E-state index is 11.6. The van der Waals surface area contributed by atoms with Crippen LogP contribution >= 0.6 is 10.7 Å². The smallest absolute Gasteiger partial charge is 0.321 e. The number of halogens is 1. The number of nitrogens with one attached hydrogen (secondary N) is 2. The number of ether oxygens (including phenoxy) is 1. The number of imide groups is 1. The molecule has 0 radical (unpaired) electrons. The predicted molar refractivity (Wildman–Crippen MR) is 76.8 cm³/mol. The van der Waals surface area contributed by atoms with Crippen LogP contribution in [-0.2, 0) is 13.8 Å². The lowest BCUT2D eigenvalue weighted by atomic mass is 10.3. The second-order valence-electron chi connectivity index (χ2n) is 4.02. The Hall–Kier alpha value is -1.80. The van der Waals surface area contributed by atoms with E-state index in [0.29, 0.717) is 6.54 Å². The van der Waals surface area contributed by atoms with Crippen molar-refractivity contribution in [2.75, 3.05) is 6.54 Å². The lowest BCUT2D eigenvalue weighted by molar-refractivity contribution is -0.126. The number of carbonyl (C=O) groups is 2. The number of hydrogen-bond acceptors (Lipinski definition) is 5. The summed E-state index contributed by atoms with van der Waals surface area (Å²) in [5.74, 6) is -0.340. The fraction of sp³-hybridized carbons (Fsp3) is 0.333. The van der Waals surface area contributed by atoms with Gasteiger partial charge in [0.1, 0.15) is 5.75 Å². The first-order valence-corrected chi connectivity index (χ1v) is 8.35. The summed E-state index contributed by atoms with van der Waals surface area (Å²) in [6.45, 7) is 3.57. The molecule has 0 aromatic heterocycles. The molecule has 0 aliphatic rings. The van der Waals surface area contributed by atoms with E-state index >= 15 is 0 Å². The Labute approximate surface area is 127 Å². The highest BCUT2D eigenvalue weighted by Gasteiger charge is 2.17. The average molecular weight is 335 g/mol. The molecule has 3 amide bonds. The molecular formula is C12H15ClN2O5S. The molecule has 0 spiro atoms. The van der Waals surface area contributed by atoms with Gasteiger partial charge in [0.05, 0.1) is 4.90 Å². The first-order chi connectivity index (χ1) is 9.74. The van der Waals surface area contributed by atoms with Crippen LogP contribution in [0, 0.1) is 0 Å². The molecule has 0 saturated carbocycles. The Morgan fingerprint density at radius 2 is 1.86 bits per heavy atom. The van der Waals surface area contributed by atoms with Crippen molar-refractivity contribution < 1.29 is 22.7 Å². The molecule has 0 fully saturated rings. The van der Waals surface area contributed by atoms with Gasteiger partial charge < -0.3 is 10.1 Å². The Bertz CT molecular complexity index is 615. The number of benzene rings is 1. The van der Waals surface area contributed by atoms with E-state index in [9.17, 15) is 18.0 Å². The van der Waals surface area contributed by atoms with E-state index in [1.165, 1.54) is 31.2 Å². The van der Waals surface area contributed by atoms with Gasteiger partial charge >= 0.3 is 6.03 Å². The number of carbonyl (C=O) groups excluding carboxylic acids is 2. The Morgan fingerprint density at radius 1 is 1.29 bits per heavy atom. The summed E-state index contributed by atoms with van der Waals surface area (Å²) in [7, 11) is 1.37. The number of hydrogen-bond donors (Lipinski definition) is 2. The van der Waals surface area contributed by atoms with Gasteiger partial charge in [0.2, 0.25) is 0 Å². The second-order valence-corrected chi connectivity index (χ2v) is 6.58. The minimum absolute atomic E-state index is 0.0732. The lowest BCUT2D eigenvalue weighted by Crippen LogP contribution is -2.45. The molecule has 1 atom stereocenters. The summed E-state index contributed by atoms with van der Waals surface area (Å²) in [5, 5.41) is 4.52. The van der Waals surface area contributed by atoms with Crippen molar-refractivity contribution in [2.24, 2.45) is 0 Å². The molecule has 7 nitrogen and oxygen atoms in total. The summed E-state index contributed by atoms with van der Waals surface area (Å²) in [6, 6.07) is 4.63. The van der Waals surface area contributed by atoms with Gasteiger partial charge in [0, 0.05) is 17.2 Å². The molecule has 1 aromatic carbocycles. The maximum Gasteiger partial charge on any atom is 0.321 e. The van der Waals surface area contributed by atoms with E-state index in [4.69, 9.17) is 15.4 Å². The highest BCUT2D eigenvalue weighted by atomic mass is 35.7. The fourth-order valence-electron chi connectivity index (χ4n) is 1.36. The summed E-state index contributed by atoms with van der Waals surface area (Å²) in [6.07, 6.45) is -0.925. The molecule has 0 heterocycles. The van der Waals surface area contributed by atoms with Crippen molar-refractivity contribution in [3.05, 3.63) is 24.3 Å². The zero-order chi connectivity index (χ0) is 16.0. The molecule has 116 valence electrons. The van der Waals surface area contributed by atoms with Gasteiger partial charge in [-0.3, -0.25) is 10.1 Å². The van der Waals surface area contributed by atoms with Gasteiger partial charge in [-0.1, -0.05) is 0 Å². The monoisotopic (exact) mass is 334 g/mol. The van der Waals surface area contributed by atoms with Gasteiger partial charge in [-0.15, -0.1) is 0 Å². The summed E-state index contributed by atoms with van der Waals surface area (Å²) in [4.78, 5) is 22.8. The second kappa shape index (κ2) is 7.28. The molecule has 1 aromatic rings. The number of urea groups is 1. The first kappa shape index (κ1) is 17.3. The van der Waals surface area contributed by atoms with E-state index in [2.05, 4.69) is 10.6 Å². The molecule has 21 heavy (non-hydrogen) atoms. The van der Waals surface area contributed by atoms with Crippen LogP contribution in [0.3, 0.4) is 0 Å². The number of amides is 3.